The minimum atomic E-state index is 0.211. The Kier molecular flexibility index (Phi) is 4.14. The largest absolute Gasteiger partial charge is 0.373 e. The van der Waals surface area contributed by atoms with Crippen LogP contribution < -0.4 is 10.6 Å². The maximum absolute atomic E-state index is 5.79. The van der Waals surface area contributed by atoms with E-state index in [0.717, 1.165) is 34.2 Å². The molecule has 4 nitrogen and oxygen atoms in total. The summed E-state index contributed by atoms with van der Waals surface area (Å²) in [4.78, 5) is 11.0. The van der Waals surface area contributed by atoms with Crippen molar-refractivity contribution in [2.45, 2.75) is 19.4 Å². The molecule has 96 valence electrons. The average molecular weight is 309 g/mol. The molecule has 0 fully saturated rings. The molecule has 0 spiro atoms. The lowest BCUT2D eigenvalue weighted by Gasteiger charge is -2.21. The van der Waals surface area contributed by atoms with Crippen LogP contribution in [0.1, 0.15) is 13.3 Å². The fourth-order valence-corrected chi connectivity index (χ4v) is 2.14. The highest BCUT2D eigenvalue weighted by Gasteiger charge is 2.09. The number of pyridine rings is 2. The molecule has 0 saturated heterocycles. The Balaban J connectivity index is 2.32. The highest BCUT2D eigenvalue weighted by Crippen LogP contribution is 2.24. The van der Waals surface area contributed by atoms with Crippen LogP contribution >= 0.6 is 15.9 Å². The third-order valence-electron chi connectivity index (χ3n) is 2.85. The van der Waals surface area contributed by atoms with Crippen molar-refractivity contribution in [2.24, 2.45) is 5.73 Å². The molecule has 0 amide bonds. The van der Waals surface area contributed by atoms with Crippen molar-refractivity contribution in [3.05, 3.63) is 29.0 Å². The molecule has 1 unspecified atom stereocenters. The lowest BCUT2D eigenvalue weighted by Crippen LogP contribution is -2.26. The Bertz CT molecular complexity index is 542. The zero-order chi connectivity index (χ0) is 13.1. The maximum atomic E-state index is 5.79. The van der Waals surface area contributed by atoms with Gasteiger partial charge in [0.1, 0.15) is 5.52 Å². The van der Waals surface area contributed by atoms with E-state index >= 15 is 0 Å². The van der Waals surface area contributed by atoms with E-state index < -0.39 is 0 Å². The van der Waals surface area contributed by atoms with E-state index in [4.69, 9.17) is 5.73 Å². The first-order chi connectivity index (χ1) is 8.58. The summed E-state index contributed by atoms with van der Waals surface area (Å²) in [6.07, 6.45) is 4.57. The van der Waals surface area contributed by atoms with Gasteiger partial charge in [-0.1, -0.05) is 0 Å². The van der Waals surface area contributed by atoms with Gasteiger partial charge < -0.3 is 10.6 Å². The van der Waals surface area contributed by atoms with Gasteiger partial charge in [0.2, 0.25) is 0 Å². The minimum absolute atomic E-state index is 0.211. The van der Waals surface area contributed by atoms with E-state index in [1.165, 1.54) is 0 Å². The zero-order valence-corrected chi connectivity index (χ0v) is 12.2. The third-order valence-corrected chi connectivity index (χ3v) is 3.29. The van der Waals surface area contributed by atoms with E-state index in [1.54, 1.807) is 6.20 Å². The lowest BCUT2D eigenvalue weighted by molar-refractivity contribution is 0.659. The van der Waals surface area contributed by atoms with Crippen LogP contribution in [0.4, 0.5) is 5.69 Å². The van der Waals surface area contributed by atoms with E-state index in [2.05, 4.69) is 37.8 Å². The molecule has 2 aromatic rings. The van der Waals surface area contributed by atoms with Gasteiger partial charge in [0.05, 0.1) is 11.2 Å². The molecule has 18 heavy (non-hydrogen) atoms. The second-order valence-electron chi connectivity index (χ2n) is 4.54. The van der Waals surface area contributed by atoms with Crippen LogP contribution in [0.3, 0.4) is 0 Å². The Morgan fingerprint density at radius 3 is 2.94 bits per heavy atom. The number of nitrogens with two attached hydrogens (primary N) is 1. The summed E-state index contributed by atoms with van der Waals surface area (Å²) >= 11 is 3.41. The Hall–Kier alpha value is -1.20. The van der Waals surface area contributed by atoms with E-state index in [-0.39, 0.29) is 6.04 Å². The molecule has 5 heteroatoms. The molecule has 2 rings (SSSR count). The first-order valence-corrected chi connectivity index (χ1v) is 6.74. The lowest BCUT2D eigenvalue weighted by atomic mass is 10.2. The number of anilines is 1. The number of hydrogen-bond acceptors (Lipinski definition) is 4. The van der Waals surface area contributed by atoms with Crippen molar-refractivity contribution in [3.63, 3.8) is 0 Å². The van der Waals surface area contributed by atoms with Gasteiger partial charge in [-0.25, -0.2) is 0 Å². The van der Waals surface area contributed by atoms with Crippen molar-refractivity contribution < 1.29 is 0 Å². The van der Waals surface area contributed by atoms with Crippen molar-refractivity contribution >= 4 is 32.7 Å². The molecule has 2 heterocycles. The minimum Gasteiger partial charge on any atom is -0.373 e. The predicted octanol–water partition coefficient (Wildman–Crippen LogP) is 2.57. The van der Waals surface area contributed by atoms with E-state index in [9.17, 15) is 0 Å². The molecule has 0 radical (unpaired) electrons. The topological polar surface area (TPSA) is 55.0 Å². The SMILES string of the molecule is CC(N)CCN(C)c1ccnc2cc(Br)cnc12. The maximum Gasteiger partial charge on any atom is 0.112 e. The van der Waals surface area contributed by atoms with E-state index in [1.807, 2.05) is 25.3 Å². The van der Waals surface area contributed by atoms with Gasteiger partial charge in [-0.15, -0.1) is 0 Å². The van der Waals surface area contributed by atoms with Crippen LogP contribution in [0.15, 0.2) is 29.0 Å². The smallest absolute Gasteiger partial charge is 0.112 e. The Morgan fingerprint density at radius 2 is 2.22 bits per heavy atom. The average Bonchev–Trinajstić information content (AvgIpc) is 2.34. The van der Waals surface area contributed by atoms with Gasteiger partial charge in [-0.05, 0) is 41.4 Å². The van der Waals surface area contributed by atoms with Crippen molar-refractivity contribution in [3.8, 4) is 0 Å². The molecule has 0 aliphatic rings. The summed E-state index contributed by atoms with van der Waals surface area (Å²) in [7, 11) is 2.06. The van der Waals surface area contributed by atoms with Gasteiger partial charge >= 0.3 is 0 Å². The summed E-state index contributed by atoms with van der Waals surface area (Å²) in [5.41, 5.74) is 8.70. The molecular weight excluding hydrogens is 292 g/mol. The van der Waals surface area contributed by atoms with Crippen molar-refractivity contribution in [2.75, 3.05) is 18.5 Å². The summed E-state index contributed by atoms with van der Waals surface area (Å²) < 4.78 is 0.942. The van der Waals surface area contributed by atoms with Crippen LogP contribution in [0.5, 0.6) is 0 Å². The molecule has 0 aromatic carbocycles. The highest BCUT2D eigenvalue weighted by atomic mass is 79.9. The van der Waals surface area contributed by atoms with Crippen molar-refractivity contribution in [1.29, 1.82) is 0 Å². The first kappa shape index (κ1) is 13.2. The van der Waals surface area contributed by atoms with E-state index in [0.29, 0.717) is 0 Å². The van der Waals surface area contributed by atoms with Crippen LogP contribution in [0.25, 0.3) is 11.0 Å². The Labute approximate surface area is 115 Å². The summed E-state index contributed by atoms with van der Waals surface area (Å²) in [5, 5.41) is 0. The quantitative estimate of drug-likeness (QED) is 0.943. The number of hydrogen-bond donors (Lipinski definition) is 1. The monoisotopic (exact) mass is 308 g/mol. The molecular formula is C13H17BrN4. The predicted molar refractivity (Wildman–Crippen MR) is 78.8 cm³/mol. The summed E-state index contributed by atoms with van der Waals surface area (Å²) in [6.45, 7) is 2.93. The van der Waals surface area contributed by atoms with Crippen LogP contribution in [-0.2, 0) is 0 Å². The summed E-state index contributed by atoms with van der Waals surface area (Å²) in [6, 6.07) is 4.18. The molecule has 0 bridgehead atoms. The molecule has 0 aliphatic carbocycles. The summed E-state index contributed by atoms with van der Waals surface area (Å²) in [5.74, 6) is 0. The fraction of sp³-hybridized carbons (Fsp3) is 0.385. The first-order valence-electron chi connectivity index (χ1n) is 5.95. The van der Waals surface area contributed by atoms with Crippen LogP contribution in [0, 0.1) is 0 Å². The van der Waals surface area contributed by atoms with Crippen LogP contribution in [-0.4, -0.2) is 29.6 Å². The van der Waals surface area contributed by atoms with Gasteiger partial charge in [-0.2, -0.15) is 0 Å². The van der Waals surface area contributed by atoms with Gasteiger partial charge in [0, 0.05) is 36.5 Å². The van der Waals surface area contributed by atoms with Gasteiger partial charge in [0.15, 0.2) is 0 Å². The Morgan fingerprint density at radius 1 is 1.44 bits per heavy atom. The third kappa shape index (κ3) is 2.97. The number of nitrogens with zero attached hydrogens (tertiary/aromatic N) is 3. The van der Waals surface area contributed by atoms with Crippen molar-refractivity contribution in [1.82, 2.24) is 9.97 Å². The van der Waals surface area contributed by atoms with Gasteiger partial charge in [0.25, 0.3) is 0 Å². The second-order valence-corrected chi connectivity index (χ2v) is 5.45. The zero-order valence-electron chi connectivity index (χ0n) is 10.6. The molecule has 1 atom stereocenters. The molecule has 0 aliphatic heterocycles. The molecule has 2 N–H and O–H groups in total. The van der Waals surface area contributed by atoms with Gasteiger partial charge in [-0.3, -0.25) is 9.97 Å². The molecule has 2 aromatic heterocycles. The standard InChI is InChI=1S/C13H17BrN4/c1-9(15)4-6-18(2)12-3-5-16-11-7-10(14)8-17-13(11)12/h3,5,7-9H,4,6,15H2,1-2H3. The number of halogens is 1. The normalized spacial score (nSPS) is 12.7. The number of rotatable bonds is 4. The fourth-order valence-electron chi connectivity index (χ4n) is 1.82. The molecule has 0 saturated carbocycles. The van der Waals surface area contributed by atoms with Crippen LogP contribution in [0.2, 0.25) is 0 Å². The highest BCUT2D eigenvalue weighted by molar-refractivity contribution is 9.10. The number of fused-ring (bicyclic) bond motifs is 1. The number of aromatic nitrogens is 2. The second kappa shape index (κ2) is 5.63.